The van der Waals surface area contributed by atoms with E-state index in [4.69, 9.17) is 9.47 Å². The molecule has 8 heteroatoms. The van der Waals surface area contributed by atoms with E-state index in [-0.39, 0.29) is 12.5 Å². The molecule has 0 saturated carbocycles. The number of hydrazone groups is 1. The zero-order valence-corrected chi connectivity index (χ0v) is 14.5. The van der Waals surface area contributed by atoms with E-state index in [1.54, 1.807) is 25.5 Å². The van der Waals surface area contributed by atoms with E-state index >= 15 is 0 Å². The largest absolute Gasteiger partial charge is 0.493 e. The van der Waals surface area contributed by atoms with Gasteiger partial charge in [-0.3, -0.25) is 4.79 Å². The van der Waals surface area contributed by atoms with Crippen molar-refractivity contribution >= 4 is 23.2 Å². The van der Waals surface area contributed by atoms with Crippen LogP contribution in [0.25, 0.3) is 11.0 Å². The monoisotopic (exact) mass is 353 g/mol. The first kappa shape index (κ1) is 17.4. The van der Waals surface area contributed by atoms with Crippen LogP contribution in [0.2, 0.25) is 0 Å². The van der Waals surface area contributed by atoms with Gasteiger partial charge in [-0.15, -0.1) is 5.10 Å². The zero-order valence-electron chi connectivity index (χ0n) is 14.5. The molecule has 0 radical (unpaired) electrons. The molecule has 0 bridgehead atoms. The molecule has 0 aliphatic carbocycles. The van der Waals surface area contributed by atoms with Crippen molar-refractivity contribution in [2.75, 3.05) is 13.7 Å². The summed E-state index contributed by atoms with van der Waals surface area (Å²) in [4.78, 5) is 12.1. The van der Waals surface area contributed by atoms with Crippen LogP contribution in [0.5, 0.6) is 11.5 Å². The fourth-order valence-electron chi connectivity index (χ4n) is 2.43. The standard InChI is InChI=1S/C18H19N5O3/c1-3-26-17-10-13(8-9-16(17)25-2)11-19-21-18(24)12-23-15-7-5-4-6-14(15)20-22-23/h4-11H,3,12H2,1-2H3,(H,21,24)/b19-11+. The lowest BCUT2D eigenvalue weighted by molar-refractivity contribution is -0.121. The maximum atomic E-state index is 12.1. The summed E-state index contributed by atoms with van der Waals surface area (Å²) in [6.45, 7) is 2.46. The minimum absolute atomic E-state index is 0.0324. The van der Waals surface area contributed by atoms with E-state index in [2.05, 4.69) is 20.8 Å². The summed E-state index contributed by atoms with van der Waals surface area (Å²) in [5.41, 5.74) is 4.80. The van der Waals surface area contributed by atoms with Gasteiger partial charge in [0.15, 0.2) is 11.5 Å². The Balaban J connectivity index is 1.63. The molecule has 2 aromatic carbocycles. The zero-order chi connectivity index (χ0) is 18.4. The molecule has 0 unspecified atom stereocenters. The second kappa shape index (κ2) is 8.11. The highest BCUT2D eigenvalue weighted by molar-refractivity contribution is 5.84. The SMILES string of the molecule is CCOc1cc(/C=N/NC(=O)Cn2nnc3ccccc32)ccc1OC. The lowest BCUT2D eigenvalue weighted by Crippen LogP contribution is -2.23. The van der Waals surface area contributed by atoms with E-state index in [0.29, 0.717) is 18.1 Å². The van der Waals surface area contributed by atoms with Crippen LogP contribution in [0.4, 0.5) is 0 Å². The summed E-state index contributed by atoms with van der Waals surface area (Å²) in [5.74, 6) is 0.973. The Hall–Kier alpha value is -3.42. The van der Waals surface area contributed by atoms with Crippen molar-refractivity contribution in [3.8, 4) is 11.5 Å². The van der Waals surface area contributed by atoms with Gasteiger partial charge in [0.1, 0.15) is 12.1 Å². The predicted octanol–water partition coefficient (Wildman–Crippen LogP) is 1.99. The minimum Gasteiger partial charge on any atom is -0.493 e. The molecule has 8 nitrogen and oxygen atoms in total. The van der Waals surface area contributed by atoms with E-state index < -0.39 is 0 Å². The van der Waals surface area contributed by atoms with Gasteiger partial charge in [-0.1, -0.05) is 17.3 Å². The molecule has 0 saturated heterocycles. The highest BCUT2D eigenvalue weighted by Gasteiger charge is 2.08. The van der Waals surface area contributed by atoms with Gasteiger partial charge < -0.3 is 9.47 Å². The summed E-state index contributed by atoms with van der Waals surface area (Å²) in [6.07, 6.45) is 1.54. The number of aromatic nitrogens is 3. The van der Waals surface area contributed by atoms with Crippen LogP contribution < -0.4 is 14.9 Å². The van der Waals surface area contributed by atoms with Gasteiger partial charge in [0, 0.05) is 0 Å². The second-order valence-electron chi connectivity index (χ2n) is 5.37. The maximum Gasteiger partial charge on any atom is 0.261 e. The summed E-state index contributed by atoms with van der Waals surface area (Å²) in [5, 5.41) is 12.0. The summed E-state index contributed by atoms with van der Waals surface area (Å²) >= 11 is 0. The average molecular weight is 353 g/mol. The van der Waals surface area contributed by atoms with Gasteiger partial charge in [0.05, 0.1) is 25.4 Å². The molecule has 0 atom stereocenters. The molecule has 0 fully saturated rings. The Bertz CT molecular complexity index is 935. The average Bonchev–Trinajstić information content (AvgIpc) is 3.05. The highest BCUT2D eigenvalue weighted by atomic mass is 16.5. The third-order valence-electron chi connectivity index (χ3n) is 3.60. The number of para-hydroxylation sites is 1. The van der Waals surface area contributed by atoms with E-state index in [1.165, 1.54) is 4.68 Å². The summed E-state index contributed by atoms with van der Waals surface area (Å²) in [6, 6.07) is 12.8. The van der Waals surface area contributed by atoms with Crippen molar-refractivity contribution in [3.05, 3.63) is 48.0 Å². The molecule has 0 aliphatic heterocycles. The first-order chi connectivity index (χ1) is 12.7. The van der Waals surface area contributed by atoms with E-state index in [1.807, 2.05) is 37.3 Å². The topological polar surface area (TPSA) is 90.6 Å². The van der Waals surface area contributed by atoms with Crippen molar-refractivity contribution in [2.24, 2.45) is 5.10 Å². The molecule has 1 N–H and O–H groups in total. The Morgan fingerprint density at radius 3 is 2.92 bits per heavy atom. The quantitative estimate of drug-likeness (QED) is 0.518. The lowest BCUT2D eigenvalue weighted by atomic mass is 10.2. The van der Waals surface area contributed by atoms with Crippen LogP contribution in [0.1, 0.15) is 12.5 Å². The number of ether oxygens (including phenoxy) is 2. The number of fused-ring (bicyclic) bond motifs is 1. The second-order valence-corrected chi connectivity index (χ2v) is 5.37. The molecule has 3 aromatic rings. The lowest BCUT2D eigenvalue weighted by Gasteiger charge is -2.09. The van der Waals surface area contributed by atoms with E-state index in [0.717, 1.165) is 16.6 Å². The van der Waals surface area contributed by atoms with Crippen LogP contribution >= 0.6 is 0 Å². The first-order valence-electron chi connectivity index (χ1n) is 8.12. The van der Waals surface area contributed by atoms with Gasteiger partial charge in [0.2, 0.25) is 0 Å². The Morgan fingerprint density at radius 2 is 2.12 bits per heavy atom. The van der Waals surface area contributed by atoms with E-state index in [9.17, 15) is 4.79 Å². The van der Waals surface area contributed by atoms with Crippen molar-refractivity contribution < 1.29 is 14.3 Å². The number of nitrogens with zero attached hydrogens (tertiary/aromatic N) is 4. The smallest absolute Gasteiger partial charge is 0.261 e. The molecule has 26 heavy (non-hydrogen) atoms. The number of hydrogen-bond acceptors (Lipinski definition) is 6. The number of benzene rings is 2. The normalized spacial score (nSPS) is 11.0. The molecule has 0 aliphatic rings. The number of amides is 1. The van der Waals surface area contributed by atoms with Gasteiger partial charge >= 0.3 is 0 Å². The number of nitrogens with one attached hydrogen (secondary N) is 1. The van der Waals surface area contributed by atoms with Gasteiger partial charge in [-0.05, 0) is 42.8 Å². The maximum absolute atomic E-state index is 12.1. The van der Waals surface area contributed by atoms with Crippen LogP contribution in [-0.2, 0) is 11.3 Å². The van der Waals surface area contributed by atoms with Crippen LogP contribution in [0.15, 0.2) is 47.6 Å². The van der Waals surface area contributed by atoms with Crippen LogP contribution in [0.3, 0.4) is 0 Å². The van der Waals surface area contributed by atoms with Gasteiger partial charge in [0.25, 0.3) is 5.91 Å². The molecular weight excluding hydrogens is 334 g/mol. The molecule has 1 heterocycles. The molecule has 1 aromatic heterocycles. The van der Waals surface area contributed by atoms with Gasteiger partial charge in [-0.2, -0.15) is 5.10 Å². The molecule has 1 amide bonds. The summed E-state index contributed by atoms with van der Waals surface area (Å²) in [7, 11) is 1.58. The number of carbonyl (C=O) groups is 1. The van der Waals surface area contributed by atoms with Gasteiger partial charge in [-0.25, -0.2) is 10.1 Å². The summed E-state index contributed by atoms with van der Waals surface area (Å²) < 4.78 is 12.3. The number of methoxy groups -OCH3 is 1. The number of carbonyl (C=O) groups excluding carboxylic acids is 1. The fourth-order valence-corrected chi connectivity index (χ4v) is 2.43. The minimum atomic E-state index is -0.296. The predicted molar refractivity (Wildman–Crippen MR) is 97.4 cm³/mol. The van der Waals surface area contributed by atoms with Crippen molar-refractivity contribution in [3.63, 3.8) is 0 Å². The number of rotatable bonds is 7. The van der Waals surface area contributed by atoms with Crippen molar-refractivity contribution in [1.82, 2.24) is 20.4 Å². The van der Waals surface area contributed by atoms with Crippen LogP contribution in [0, 0.1) is 0 Å². The molecular formula is C18H19N5O3. The van der Waals surface area contributed by atoms with Crippen LogP contribution in [-0.4, -0.2) is 40.8 Å². The molecule has 134 valence electrons. The highest BCUT2D eigenvalue weighted by Crippen LogP contribution is 2.27. The fraction of sp³-hybridized carbons (Fsp3) is 0.222. The third kappa shape index (κ3) is 3.97. The Kier molecular flexibility index (Phi) is 5.43. The molecule has 3 rings (SSSR count). The third-order valence-corrected chi connectivity index (χ3v) is 3.60. The van der Waals surface area contributed by atoms with Crippen molar-refractivity contribution in [1.29, 1.82) is 0 Å². The molecule has 0 spiro atoms. The Labute approximate surface area is 150 Å². The first-order valence-corrected chi connectivity index (χ1v) is 8.12. The van der Waals surface area contributed by atoms with Crippen molar-refractivity contribution in [2.45, 2.75) is 13.5 Å². The Morgan fingerprint density at radius 1 is 1.27 bits per heavy atom. The number of hydrogen-bond donors (Lipinski definition) is 1.